The molecule has 0 bridgehead atoms. The molecule has 346 valence electrons. The minimum absolute atomic E-state index is 0.0768. The number of rotatable bonds is 29. The fourth-order valence-electron chi connectivity index (χ4n) is 5.84. The van der Waals surface area contributed by atoms with E-state index >= 15 is 0 Å². The zero-order valence-corrected chi connectivity index (χ0v) is 35.4. The second-order valence-corrected chi connectivity index (χ2v) is 15.5. The SMILES string of the molecule is CC[C@H](C)[C@H](NC(=O)[C@H](CCC(N)=O)NC(=O)[C@H](CCC(=O)O)NC(=O)[C@H](CO)NC(=O)[C@H](CO)NC(=O)[C@@H](NC(=O)[C@@H]1CCCN1)[C@@H](C)O)C(=O)N[C@@H](CCSC)C(=O)O. The van der Waals surface area contributed by atoms with Crippen molar-refractivity contribution in [3.63, 3.8) is 0 Å². The van der Waals surface area contributed by atoms with Gasteiger partial charge in [-0.3, -0.25) is 43.2 Å². The molecule has 15 N–H and O–H groups in total. The Morgan fingerprint density at radius 2 is 1.15 bits per heavy atom. The van der Waals surface area contributed by atoms with Gasteiger partial charge in [-0.05, 0) is 63.5 Å². The van der Waals surface area contributed by atoms with E-state index in [4.69, 9.17) is 5.73 Å². The molecular formula is C36H61N9O15S. The van der Waals surface area contributed by atoms with Crippen molar-refractivity contribution in [2.45, 2.75) is 127 Å². The Morgan fingerprint density at radius 3 is 1.59 bits per heavy atom. The molecule has 10 atom stereocenters. The van der Waals surface area contributed by atoms with E-state index in [1.165, 1.54) is 18.7 Å². The van der Waals surface area contributed by atoms with Crippen LogP contribution in [0.4, 0.5) is 0 Å². The molecule has 8 amide bonds. The largest absolute Gasteiger partial charge is 0.481 e. The van der Waals surface area contributed by atoms with Crippen LogP contribution in [0.3, 0.4) is 0 Å². The first-order valence-corrected chi connectivity index (χ1v) is 21.1. The van der Waals surface area contributed by atoms with E-state index in [-0.39, 0.29) is 6.42 Å². The highest BCUT2D eigenvalue weighted by molar-refractivity contribution is 7.98. The molecule has 0 aromatic carbocycles. The molecule has 1 aliphatic rings. The van der Waals surface area contributed by atoms with Crippen molar-refractivity contribution >= 4 is 71.0 Å². The summed E-state index contributed by atoms with van der Waals surface area (Å²) in [4.78, 5) is 128. The number of amides is 8. The second-order valence-electron chi connectivity index (χ2n) is 14.5. The van der Waals surface area contributed by atoms with E-state index in [1.807, 2.05) is 0 Å². The van der Waals surface area contributed by atoms with Gasteiger partial charge >= 0.3 is 11.9 Å². The Balaban J connectivity index is 3.23. The third-order valence-corrected chi connectivity index (χ3v) is 10.3. The smallest absolute Gasteiger partial charge is 0.326 e. The fraction of sp³-hybridized carbons (Fsp3) is 0.722. The van der Waals surface area contributed by atoms with E-state index in [0.29, 0.717) is 31.6 Å². The summed E-state index contributed by atoms with van der Waals surface area (Å²) in [5.74, 6) is -11.0. The van der Waals surface area contributed by atoms with Crippen LogP contribution in [-0.4, -0.2) is 171 Å². The Morgan fingerprint density at radius 1 is 0.672 bits per heavy atom. The maximum absolute atomic E-state index is 13.6. The molecule has 0 aromatic rings. The van der Waals surface area contributed by atoms with Crippen LogP contribution in [0, 0.1) is 5.92 Å². The summed E-state index contributed by atoms with van der Waals surface area (Å²) in [6.45, 7) is 2.89. The van der Waals surface area contributed by atoms with Crippen molar-refractivity contribution in [3.05, 3.63) is 0 Å². The monoisotopic (exact) mass is 891 g/mol. The number of aliphatic carboxylic acids is 2. The van der Waals surface area contributed by atoms with Gasteiger partial charge in [0.15, 0.2) is 0 Å². The number of aliphatic hydroxyl groups excluding tert-OH is 3. The Labute approximate surface area is 356 Å². The number of carboxylic acids is 2. The summed E-state index contributed by atoms with van der Waals surface area (Å²) in [5, 5.41) is 67.9. The Hall–Kier alpha value is -5.11. The van der Waals surface area contributed by atoms with E-state index in [1.54, 1.807) is 20.1 Å². The minimum Gasteiger partial charge on any atom is -0.481 e. The van der Waals surface area contributed by atoms with E-state index in [9.17, 15) is 73.5 Å². The summed E-state index contributed by atoms with van der Waals surface area (Å²) >= 11 is 1.35. The minimum atomic E-state index is -1.88. The van der Waals surface area contributed by atoms with E-state index in [2.05, 4.69) is 42.5 Å². The number of hydrogen-bond donors (Lipinski definition) is 14. The number of aliphatic hydroxyl groups is 3. The van der Waals surface area contributed by atoms with Crippen molar-refractivity contribution in [2.24, 2.45) is 11.7 Å². The first-order valence-electron chi connectivity index (χ1n) is 19.7. The lowest BCUT2D eigenvalue weighted by Crippen LogP contribution is -2.62. The quantitative estimate of drug-likeness (QED) is 0.0333. The lowest BCUT2D eigenvalue weighted by atomic mass is 9.97. The van der Waals surface area contributed by atoms with Gasteiger partial charge < -0.3 is 73.8 Å². The highest BCUT2D eigenvalue weighted by atomic mass is 32.2. The van der Waals surface area contributed by atoms with Crippen molar-refractivity contribution in [2.75, 3.05) is 31.8 Å². The average Bonchev–Trinajstić information content (AvgIpc) is 3.76. The van der Waals surface area contributed by atoms with Crippen LogP contribution in [0.25, 0.3) is 0 Å². The normalized spacial score (nSPS) is 17.9. The number of carboxylic acid groups (broad SMARTS) is 2. The number of carbonyl (C=O) groups excluding carboxylic acids is 8. The molecule has 0 aromatic heterocycles. The first-order chi connectivity index (χ1) is 28.7. The number of nitrogens with two attached hydrogens (primary N) is 1. The molecule has 0 aliphatic carbocycles. The predicted molar refractivity (Wildman–Crippen MR) is 216 cm³/mol. The van der Waals surface area contributed by atoms with Gasteiger partial charge in [0.1, 0.15) is 42.3 Å². The molecule has 1 fully saturated rings. The zero-order chi connectivity index (χ0) is 46.4. The topological polar surface area (TPSA) is 394 Å². The van der Waals surface area contributed by atoms with E-state index < -0.39 is 158 Å². The fourth-order valence-corrected chi connectivity index (χ4v) is 6.31. The van der Waals surface area contributed by atoms with Crippen LogP contribution in [0.15, 0.2) is 0 Å². The summed E-state index contributed by atoms with van der Waals surface area (Å²) in [7, 11) is 0. The molecule has 0 unspecified atom stereocenters. The maximum atomic E-state index is 13.6. The highest BCUT2D eigenvalue weighted by Crippen LogP contribution is 2.12. The molecule has 1 aliphatic heterocycles. The molecular weight excluding hydrogens is 831 g/mol. The van der Waals surface area contributed by atoms with Crippen LogP contribution < -0.4 is 48.3 Å². The van der Waals surface area contributed by atoms with Crippen molar-refractivity contribution in [1.82, 2.24) is 42.5 Å². The third kappa shape index (κ3) is 19.0. The molecule has 1 heterocycles. The van der Waals surface area contributed by atoms with E-state index in [0.717, 1.165) is 0 Å². The van der Waals surface area contributed by atoms with Gasteiger partial charge in [-0.2, -0.15) is 11.8 Å². The number of thioether (sulfide) groups is 1. The molecule has 0 radical (unpaired) electrons. The number of carbonyl (C=O) groups is 10. The lowest BCUT2D eigenvalue weighted by molar-refractivity contribution is -0.143. The number of hydrogen-bond acceptors (Lipinski definition) is 15. The summed E-state index contributed by atoms with van der Waals surface area (Å²) in [5.41, 5.74) is 5.28. The molecule has 0 spiro atoms. The van der Waals surface area contributed by atoms with Crippen LogP contribution in [-0.2, 0) is 47.9 Å². The number of nitrogens with one attached hydrogen (secondary N) is 8. The van der Waals surface area contributed by atoms with Crippen molar-refractivity contribution < 1.29 is 73.5 Å². The lowest BCUT2D eigenvalue weighted by Gasteiger charge is -2.29. The van der Waals surface area contributed by atoms with Gasteiger partial charge in [0.25, 0.3) is 0 Å². The Bertz CT molecular complexity index is 1550. The average molecular weight is 892 g/mol. The molecule has 1 saturated heterocycles. The van der Waals surface area contributed by atoms with Gasteiger partial charge in [-0.15, -0.1) is 0 Å². The molecule has 25 heteroatoms. The molecule has 61 heavy (non-hydrogen) atoms. The maximum Gasteiger partial charge on any atom is 0.326 e. The van der Waals surface area contributed by atoms with Gasteiger partial charge in [0.2, 0.25) is 47.3 Å². The summed E-state index contributed by atoms with van der Waals surface area (Å²) < 4.78 is 0. The van der Waals surface area contributed by atoms with Gasteiger partial charge in [-0.25, -0.2) is 4.79 Å². The van der Waals surface area contributed by atoms with Crippen LogP contribution >= 0.6 is 11.8 Å². The number of primary amides is 1. The predicted octanol–water partition coefficient (Wildman–Crippen LogP) is -5.49. The second kappa shape index (κ2) is 27.7. The standard InChI is InChI=1S/C36H61N9O15S/c1-5-17(2)27(34(57)41-22(36(59)60)12-14-61-4)44-31(54)20(8-10-25(37)49)39-30(53)21(9-11-26(50)51)40-32(55)23(15-46)42-33(56)24(16-47)43-35(58)28(18(3)48)45-29(52)19-7-6-13-38-19/h17-24,27-28,38,46-48H,5-16H2,1-4H3,(H2,37,49)(H,39,53)(H,40,55)(H,41,57)(H,42,56)(H,43,58)(H,44,54)(H,45,52)(H,50,51)(H,59,60)/t17-,18+,19-,20-,21-,22-,23-,24-,27-,28-/m0/s1. The van der Waals surface area contributed by atoms with Gasteiger partial charge in [-0.1, -0.05) is 20.3 Å². The van der Waals surface area contributed by atoms with Gasteiger partial charge in [0.05, 0.1) is 25.4 Å². The molecule has 24 nitrogen and oxygen atoms in total. The van der Waals surface area contributed by atoms with Crippen LogP contribution in [0.5, 0.6) is 0 Å². The van der Waals surface area contributed by atoms with Crippen LogP contribution in [0.2, 0.25) is 0 Å². The zero-order valence-electron chi connectivity index (χ0n) is 34.6. The molecule has 1 rings (SSSR count). The van der Waals surface area contributed by atoms with Crippen LogP contribution in [0.1, 0.15) is 72.1 Å². The van der Waals surface area contributed by atoms with Crippen molar-refractivity contribution in [1.29, 1.82) is 0 Å². The summed E-state index contributed by atoms with van der Waals surface area (Å²) in [6, 6.07) is -11.9. The molecule has 0 saturated carbocycles. The van der Waals surface area contributed by atoms with Crippen molar-refractivity contribution in [3.8, 4) is 0 Å². The highest BCUT2D eigenvalue weighted by Gasteiger charge is 2.36. The van der Waals surface area contributed by atoms with Gasteiger partial charge in [0, 0.05) is 12.8 Å². The summed E-state index contributed by atoms with van der Waals surface area (Å²) in [6.07, 6.45) is -0.351. The first kappa shape index (κ1) is 53.9. The third-order valence-electron chi connectivity index (χ3n) is 9.68. The Kier molecular flexibility index (Phi) is 24.5.